The Morgan fingerprint density at radius 1 is 1.11 bits per heavy atom. The van der Waals surface area contributed by atoms with Gasteiger partial charge in [0.1, 0.15) is 5.69 Å². The number of carboxylic acid groups (broad SMARTS) is 1. The summed E-state index contributed by atoms with van der Waals surface area (Å²) in [7, 11) is 0. The molecule has 2 aromatic heterocycles. The van der Waals surface area contributed by atoms with Crippen molar-refractivity contribution in [2.45, 2.75) is 6.92 Å². The summed E-state index contributed by atoms with van der Waals surface area (Å²) in [6.07, 6.45) is 2.68. The van der Waals surface area contributed by atoms with Crippen LogP contribution in [0.4, 0.5) is 5.69 Å². The number of anilines is 1. The zero-order valence-corrected chi connectivity index (χ0v) is 10.1. The number of nitrogens with one attached hydrogen (secondary N) is 1. The Labute approximate surface area is 109 Å². The number of carbonyl (C=O) groups is 2. The molecule has 0 atom stereocenters. The minimum absolute atomic E-state index is 0.0357. The third-order valence-corrected chi connectivity index (χ3v) is 2.41. The number of hydrogen-bond donors (Lipinski definition) is 2. The Kier molecular flexibility index (Phi) is 3.51. The molecule has 0 aliphatic rings. The number of carbonyl (C=O) groups excluding carboxylic acids is 1. The lowest BCUT2D eigenvalue weighted by Crippen LogP contribution is -2.14. The molecule has 0 fully saturated rings. The van der Waals surface area contributed by atoms with Gasteiger partial charge in [-0.05, 0) is 31.2 Å². The van der Waals surface area contributed by atoms with Crippen molar-refractivity contribution in [3.63, 3.8) is 0 Å². The zero-order valence-electron chi connectivity index (χ0n) is 10.1. The van der Waals surface area contributed by atoms with E-state index >= 15 is 0 Å². The summed E-state index contributed by atoms with van der Waals surface area (Å²) >= 11 is 0. The van der Waals surface area contributed by atoms with Crippen molar-refractivity contribution in [1.82, 2.24) is 9.97 Å². The summed E-state index contributed by atoms with van der Waals surface area (Å²) in [5.41, 5.74) is 1.58. The number of hydrogen-bond acceptors (Lipinski definition) is 4. The molecular formula is C13H11N3O3. The number of aromatic carboxylic acids is 1. The number of rotatable bonds is 3. The Hall–Kier alpha value is -2.76. The van der Waals surface area contributed by atoms with Gasteiger partial charge < -0.3 is 10.4 Å². The summed E-state index contributed by atoms with van der Waals surface area (Å²) in [5, 5.41) is 11.3. The predicted octanol–water partition coefficient (Wildman–Crippen LogP) is 1.74. The van der Waals surface area contributed by atoms with Crippen LogP contribution in [0.2, 0.25) is 0 Å². The van der Waals surface area contributed by atoms with E-state index < -0.39 is 11.9 Å². The third kappa shape index (κ3) is 3.12. The van der Waals surface area contributed by atoms with Crippen LogP contribution in [0.3, 0.4) is 0 Å². The number of amides is 1. The van der Waals surface area contributed by atoms with E-state index in [1.165, 1.54) is 12.1 Å². The first-order valence-electron chi connectivity index (χ1n) is 5.49. The first kappa shape index (κ1) is 12.7. The maximum Gasteiger partial charge on any atom is 0.337 e. The molecule has 0 aliphatic heterocycles. The molecule has 2 rings (SSSR count). The van der Waals surface area contributed by atoms with E-state index in [2.05, 4.69) is 15.3 Å². The maximum absolute atomic E-state index is 11.8. The van der Waals surface area contributed by atoms with Gasteiger partial charge in [-0.15, -0.1) is 0 Å². The molecule has 2 N–H and O–H groups in total. The van der Waals surface area contributed by atoms with E-state index in [0.717, 1.165) is 11.9 Å². The molecule has 96 valence electrons. The fourth-order valence-electron chi connectivity index (χ4n) is 1.39. The average molecular weight is 257 g/mol. The second kappa shape index (κ2) is 5.26. The van der Waals surface area contributed by atoms with Crippen LogP contribution in [0.5, 0.6) is 0 Å². The number of carboxylic acids is 1. The highest BCUT2D eigenvalue weighted by Crippen LogP contribution is 2.08. The van der Waals surface area contributed by atoms with Crippen molar-refractivity contribution in [1.29, 1.82) is 0 Å². The normalized spacial score (nSPS) is 9.95. The van der Waals surface area contributed by atoms with Crippen LogP contribution in [0.25, 0.3) is 0 Å². The molecular weight excluding hydrogens is 246 g/mol. The Bertz CT molecular complexity index is 606. The number of pyridine rings is 2. The molecule has 6 nitrogen and oxygen atoms in total. The third-order valence-electron chi connectivity index (χ3n) is 2.41. The molecule has 2 heterocycles. The van der Waals surface area contributed by atoms with Gasteiger partial charge in [-0.1, -0.05) is 0 Å². The van der Waals surface area contributed by atoms with Gasteiger partial charge in [-0.3, -0.25) is 14.8 Å². The molecule has 0 saturated heterocycles. The van der Waals surface area contributed by atoms with Gasteiger partial charge in [0.15, 0.2) is 0 Å². The molecule has 0 spiro atoms. The van der Waals surface area contributed by atoms with Gasteiger partial charge in [0.05, 0.1) is 17.4 Å². The Morgan fingerprint density at radius 3 is 2.42 bits per heavy atom. The van der Waals surface area contributed by atoms with Crippen LogP contribution in [-0.4, -0.2) is 27.0 Å². The van der Waals surface area contributed by atoms with Crippen molar-refractivity contribution in [3.8, 4) is 0 Å². The number of aromatic nitrogens is 2. The van der Waals surface area contributed by atoms with E-state index in [1.54, 1.807) is 18.3 Å². The van der Waals surface area contributed by atoms with Crippen molar-refractivity contribution in [2.24, 2.45) is 0 Å². The van der Waals surface area contributed by atoms with Crippen LogP contribution in [0.15, 0.2) is 36.7 Å². The summed E-state index contributed by atoms with van der Waals surface area (Å²) < 4.78 is 0. The van der Waals surface area contributed by atoms with Crippen molar-refractivity contribution >= 4 is 17.6 Å². The van der Waals surface area contributed by atoms with Gasteiger partial charge in [0.2, 0.25) is 0 Å². The maximum atomic E-state index is 11.8. The van der Waals surface area contributed by atoms with Crippen molar-refractivity contribution in [3.05, 3.63) is 53.6 Å². The van der Waals surface area contributed by atoms with Crippen LogP contribution in [0, 0.1) is 6.92 Å². The van der Waals surface area contributed by atoms with E-state index in [4.69, 9.17) is 5.11 Å². The fraction of sp³-hybridized carbons (Fsp3) is 0.0769. The summed E-state index contributed by atoms with van der Waals surface area (Å²) in [6, 6.07) is 6.19. The molecule has 1 amide bonds. The van der Waals surface area contributed by atoms with E-state index in [0.29, 0.717) is 5.69 Å². The topological polar surface area (TPSA) is 92.2 Å². The monoisotopic (exact) mass is 257 g/mol. The Morgan fingerprint density at radius 2 is 1.89 bits per heavy atom. The number of aryl methyl sites for hydroxylation is 1. The van der Waals surface area contributed by atoms with E-state index in [9.17, 15) is 9.59 Å². The minimum atomic E-state index is -1.08. The molecule has 0 saturated carbocycles. The summed E-state index contributed by atoms with van der Waals surface area (Å²) in [5.74, 6) is -1.50. The number of nitrogens with zero attached hydrogens (tertiary/aromatic N) is 2. The molecule has 0 radical (unpaired) electrons. The van der Waals surface area contributed by atoms with E-state index in [-0.39, 0.29) is 11.3 Å². The first-order valence-corrected chi connectivity index (χ1v) is 5.49. The van der Waals surface area contributed by atoms with Crippen LogP contribution in [-0.2, 0) is 0 Å². The summed E-state index contributed by atoms with van der Waals surface area (Å²) in [6.45, 7) is 1.85. The average Bonchev–Trinajstić information content (AvgIpc) is 2.41. The second-order valence-electron chi connectivity index (χ2n) is 3.88. The van der Waals surface area contributed by atoms with Crippen LogP contribution in [0.1, 0.15) is 26.5 Å². The molecule has 0 aromatic carbocycles. The molecule has 0 unspecified atom stereocenters. The van der Waals surface area contributed by atoms with Gasteiger partial charge >= 0.3 is 5.97 Å². The predicted molar refractivity (Wildman–Crippen MR) is 68.1 cm³/mol. The lowest BCUT2D eigenvalue weighted by atomic mass is 10.2. The van der Waals surface area contributed by atoms with Gasteiger partial charge in [-0.2, -0.15) is 0 Å². The van der Waals surface area contributed by atoms with Crippen molar-refractivity contribution < 1.29 is 14.7 Å². The molecule has 19 heavy (non-hydrogen) atoms. The van der Waals surface area contributed by atoms with Crippen LogP contribution < -0.4 is 5.32 Å². The molecule has 0 bridgehead atoms. The lowest BCUT2D eigenvalue weighted by molar-refractivity contribution is 0.0696. The summed E-state index contributed by atoms with van der Waals surface area (Å²) in [4.78, 5) is 30.3. The van der Waals surface area contributed by atoms with Gasteiger partial charge in [-0.25, -0.2) is 4.79 Å². The molecule has 0 aliphatic carbocycles. The minimum Gasteiger partial charge on any atom is -0.478 e. The molecule has 2 aromatic rings. The Balaban J connectivity index is 2.11. The van der Waals surface area contributed by atoms with E-state index in [1.807, 2.05) is 6.92 Å². The lowest BCUT2D eigenvalue weighted by Gasteiger charge is -2.04. The second-order valence-corrected chi connectivity index (χ2v) is 3.88. The van der Waals surface area contributed by atoms with Gasteiger partial charge in [0, 0.05) is 11.9 Å². The highest BCUT2D eigenvalue weighted by molar-refractivity contribution is 6.03. The largest absolute Gasteiger partial charge is 0.478 e. The molecule has 6 heteroatoms. The SMILES string of the molecule is Cc1ccc(NC(=O)c2ccc(C(=O)O)cn2)cn1. The highest BCUT2D eigenvalue weighted by Gasteiger charge is 2.09. The zero-order chi connectivity index (χ0) is 13.8. The van der Waals surface area contributed by atoms with Crippen LogP contribution >= 0.6 is 0 Å². The highest BCUT2D eigenvalue weighted by atomic mass is 16.4. The van der Waals surface area contributed by atoms with Crippen molar-refractivity contribution in [2.75, 3.05) is 5.32 Å². The first-order chi connectivity index (χ1) is 9.06. The quantitative estimate of drug-likeness (QED) is 0.873. The fourth-order valence-corrected chi connectivity index (χ4v) is 1.39. The van der Waals surface area contributed by atoms with Gasteiger partial charge in [0.25, 0.3) is 5.91 Å². The smallest absolute Gasteiger partial charge is 0.337 e. The standard InChI is InChI=1S/C13H11N3O3/c1-8-2-4-10(7-14-8)16-12(17)11-5-3-9(6-15-11)13(18)19/h2-7H,1H3,(H,16,17)(H,18,19).